The molecule has 4 aliphatic carbocycles. The quantitative estimate of drug-likeness (QED) is 0.0402. The number of hydrogen-bond acceptors (Lipinski definition) is 28. The number of allylic oxidation sites excluding steroid dienone is 1. The first-order chi connectivity index (χ1) is 40.7. The van der Waals surface area contributed by atoms with Gasteiger partial charge in [-0.05, 0) is 104 Å². The van der Waals surface area contributed by atoms with Crippen LogP contribution in [0.25, 0.3) is 0 Å². The molecule has 5 aliphatic heterocycles. The number of carbonyl (C=O) groups is 1. The molecule has 35 atom stereocenters. The topological polar surface area (TPSA) is 453 Å². The minimum atomic E-state index is -2.04. The fraction of sp³-hybridized carbons (Fsp3) is 0.948. The van der Waals surface area contributed by atoms with Crippen LogP contribution >= 0.6 is 0 Å². The molecule has 9 rings (SSSR count). The molecule has 496 valence electrons. The summed E-state index contributed by atoms with van der Waals surface area (Å²) in [5, 5.41) is 179. The Balaban J connectivity index is 0.817. The molecular formula is C58H96O28. The lowest BCUT2D eigenvalue weighted by atomic mass is 9.47. The van der Waals surface area contributed by atoms with E-state index in [1.165, 1.54) is 5.57 Å². The van der Waals surface area contributed by atoms with Gasteiger partial charge in [0.25, 0.3) is 0 Å². The van der Waals surface area contributed by atoms with Crippen molar-refractivity contribution < 1.29 is 139 Å². The lowest BCUT2D eigenvalue weighted by molar-refractivity contribution is -0.373. The van der Waals surface area contributed by atoms with E-state index in [0.29, 0.717) is 42.4 Å². The molecule has 0 aromatic rings. The Kier molecular flexibility index (Phi) is 22.5. The molecule has 8 fully saturated rings. The van der Waals surface area contributed by atoms with Crippen LogP contribution in [0, 0.1) is 52.3 Å². The molecular weight excluding hydrogens is 1140 g/mol. The van der Waals surface area contributed by atoms with Crippen molar-refractivity contribution in [2.45, 2.75) is 258 Å². The highest BCUT2D eigenvalue weighted by Crippen LogP contribution is 2.67. The second kappa shape index (κ2) is 28.2. The number of hydrogen-bond donors (Lipinski definition) is 17. The first kappa shape index (κ1) is 68.5. The second-order valence-corrected chi connectivity index (χ2v) is 26.6. The summed E-state index contributed by atoms with van der Waals surface area (Å²) in [5.41, 5.74) is 1.41. The number of esters is 1. The zero-order valence-electron chi connectivity index (χ0n) is 49.3. The Morgan fingerprint density at radius 2 is 1.01 bits per heavy atom. The second-order valence-electron chi connectivity index (χ2n) is 26.6. The van der Waals surface area contributed by atoms with Crippen molar-refractivity contribution in [1.82, 2.24) is 0 Å². The number of fused-ring (bicyclic) bond motifs is 5. The summed E-state index contributed by atoms with van der Waals surface area (Å²) in [6, 6.07) is 0. The number of aliphatic hydroxyl groups excluding tert-OH is 17. The Morgan fingerprint density at radius 1 is 0.523 bits per heavy atom. The molecule has 0 spiro atoms. The number of aliphatic hydroxyl groups is 17. The number of carbonyl (C=O) groups excluding carboxylic acids is 1. The van der Waals surface area contributed by atoms with E-state index in [1.807, 2.05) is 6.92 Å². The van der Waals surface area contributed by atoms with Gasteiger partial charge in [0.05, 0.1) is 45.1 Å². The van der Waals surface area contributed by atoms with Crippen LogP contribution < -0.4 is 0 Å². The molecule has 9 aliphatic rings. The SMILES string of the molecule is C[C@H](CC[C@@H](C)[C@@H]1CC[C@H]2[C@@H]3CC=C4C[C@@H](O[C@H]5O[C@@H](CO)[C@H](O)[C@@H](O)[C@@H]5O)CC[C@]4(C)[C@@H]3CC[C@]21C)[C@@H](C)C(=O)O[C@H]1O[C@@H](CO[C@H]2O[C@@H](CO)[C@H](O[C@H]3O[C@@H](CO)[C@H](O)[C@@H](O)[C@@H]3O)[C@@H](O)[C@@H]2O)[C@H](O)[C@@H](O)[C@@H]1O[C@H]1O[C@@H](CO)[C@H](O)[C@@H](O)[C@@H]1O. The highest BCUT2D eigenvalue weighted by atomic mass is 16.8. The van der Waals surface area contributed by atoms with Gasteiger partial charge in [-0.2, -0.15) is 0 Å². The van der Waals surface area contributed by atoms with E-state index >= 15 is 0 Å². The third-order valence-electron chi connectivity index (χ3n) is 21.7. The van der Waals surface area contributed by atoms with Crippen LogP contribution in [0.2, 0.25) is 0 Å². The van der Waals surface area contributed by atoms with Crippen LogP contribution in [0.1, 0.15) is 98.8 Å². The van der Waals surface area contributed by atoms with Crippen LogP contribution in [-0.4, -0.2) is 285 Å². The van der Waals surface area contributed by atoms with Crippen molar-refractivity contribution >= 4 is 5.97 Å². The summed E-state index contributed by atoms with van der Waals surface area (Å²) in [7, 11) is 0. The summed E-state index contributed by atoms with van der Waals surface area (Å²) in [5.74, 6) is 0.364. The van der Waals surface area contributed by atoms with Gasteiger partial charge >= 0.3 is 5.97 Å². The largest absolute Gasteiger partial charge is 0.432 e. The van der Waals surface area contributed by atoms with Gasteiger partial charge in [-0.15, -0.1) is 0 Å². The molecule has 5 heterocycles. The molecule has 3 saturated carbocycles. The van der Waals surface area contributed by atoms with E-state index in [-0.39, 0.29) is 22.9 Å². The monoisotopic (exact) mass is 1240 g/mol. The van der Waals surface area contributed by atoms with Gasteiger partial charge in [-0.3, -0.25) is 4.79 Å². The molecule has 0 unspecified atom stereocenters. The zero-order chi connectivity index (χ0) is 62.6. The van der Waals surface area contributed by atoms with Crippen LogP contribution in [0.15, 0.2) is 11.6 Å². The normalized spacial score (nSPS) is 50.9. The molecule has 28 heteroatoms. The van der Waals surface area contributed by atoms with E-state index < -0.39 is 198 Å². The highest BCUT2D eigenvalue weighted by molar-refractivity contribution is 5.72. The van der Waals surface area contributed by atoms with Crippen molar-refractivity contribution in [2.24, 2.45) is 52.3 Å². The van der Waals surface area contributed by atoms with Gasteiger partial charge in [-0.1, -0.05) is 52.7 Å². The maximum absolute atomic E-state index is 14.3. The molecule has 0 amide bonds. The molecule has 0 aromatic heterocycles. The van der Waals surface area contributed by atoms with Gasteiger partial charge in [-0.25, -0.2) is 0 Å². The predicted molar refractivity (Wildman–Crippen MR) is 288 cm³/mol. The minimum absolute atomic E-state index is 0.0268. The van der Waals surface area contributed by atoms with Crippen molar-refractivity contribution in [2.75, 3.05) is 33.0 Å². The van der Waals surface area contributed by atoms with E-state index in [0.717, 1.165) is 51.4 Å². The standard InChI is InChI=1S/C58H96O28/c1-22(6-7-23(2)28-10-11-29-27-9-8-25-16-26(12-14-57(25,4)30(27)13-15-58(28,29)5)78-53-45(72)40(67)36(63)31(17-59)79-53)24(3)51(76)86-56-50(85-55-47(74)42(69)38(65)33(19-61)81-55)43(70)39(66)35(83-56)21-77-52-48(75)44(71)49(34(20-62)82-52)84-54-46(73)41(68)37(64)32(18-60)80-54/h8,22-24,26-50,52-56,59-75H,6-7,9-21H2,1-5H3/t22-,23-,24-,26+,27+,28+,29+,30-,31+,32+,33+,34+,35+,36+,37+,38+,39+,40-,41-,42-,43-,44+,45+,46+,47+,48+,49+,50+,52+,53+,54-,55-,56-,57+,58+/m1/s1. The van der Waals surface area contributed by atoms with Gasteiger partial charge in [0, 0.05) is 0 Å². The van der Waals surface area contributed by atoms with E-state index in [1.54, 1.807) is 6.92 Å². The van der Waals surface area contributed by atoms with Gasteiger partial charge in [0.1, 0.15) is 116 Å². The summed E-state index contributed by atoms with van der Waals surface area (Å²) in [4.78, 5) is 14.3. The van der Waals surface area contributed by atoms with Crippen molar-refractivity contribution in [3.63, 3.8) is 0 Å². The van der Waals surface area contributed by atoms with Crippen molar-refractivity contribution in [3.05, 3.63) is 11.6 Å². The minimum Gasteiger partial charge on any atom is -0.432 e. The van der Waals surface area contributed by atoms with Crippen molar-refractivity contribution in [3.8, 4) is 0 Å². The van der Waals surface area contributed by atoms with E-state index in [2.05, 4.69) is 26.8 Å². The summed E-state index contributed by atoms with van der Waals surface area (Å²) in [6.45, 7) is 6.90. The molecule has 5 saturated heterocycles. The molecule has 0 aromatic carbocycles. The Hall–Kier alpha value is -1.83. The Bertz CT molecular complexity index is 2230. The summed E-state index contributed by atoms with van der Waals surface area (Å²) >= 11 is 0. The average molecular weight is 1240 g/mol. The van der Waals surface area contributed by atoms with Crippen molar-refractivity contribution in [1.29, 1.82) is 0 Å². The fourth-order valence-electron chi connectivity index (χ4n) is 16.0. The maximum Gasteiger partial charge on any atom is 0.311 e. The predicted octanol–water partition coefficient (Wildman–Crippen LogP) is -4.75. The van der Waals surface area contributed by atoms with Gasteiger partial charge < -0.3 is 134 Å². The molecule has 0 radical (unpaired) electrons. The van der Waals surface area contributed by atoms with Crippen LogP contribution in [0.5, 0.6) is 0 Å². The number of rotatable bonds is 20. The zero-order valence-corrected chi connectivity index (χ0v) is 49.3. The molecule has 28 nitrogen and oxygen atoms in total. The van der Waals surface area contributed by atoms with E-state index in [9.17, 15) is 91.6 Å². The van der Waals surface area contributed by atoms with Gasteiger partial charge in [0.2, 0.25) is 6.29 Å². The Labute approximate surface area is 499 Å². The first-order valence-corrected chi connectivity index (χ1v) is 30.8. The third kappa shape index (κ3) is 13.2. The fourth-order valence-corrected chi connectivity index (χ4v) is 16.0. The average Bonchev–Trinajstić information content (AvgIpc) is 1.43. The Morgan fingerprint density at radius 3 is 1.57 bits per heavy atom. The van der Waals surface area contributed by atoms with E-state index in [4.69, 9.17) is 47.4 Å². The lowest BCUT2D eigenvalue weighted by Gasteiger charge is -2.58. The maximum atomic E-state index is 14.3. The molecule has 0 bridgehead atoms. The summed E-state index contributed by atoms with van der Waals surface area (Å²) in [6.07, 6.45) is -31.6. The van der Waals surface area contributed by atoms with Crippen LogP contribution in [0.4, 0.5) is 0 Å². The molecule has 17 N–H and O–H groups in total. The summed E-state index contributed by atoms with van der Waals surface area (Å²) < 4.78 is 57.8. The smallest absolute Gasteiger partial charge is 0.311 e. The van der Waals surface area contributed by atoms with Crippen LogP contribution in [0.3, 0.4) is 0 Å². The third-order valence-corrected chi connectivity index (χ3v) is 21.7. The first-order valence-electron chi connectivity index (χ1n) is 30.8. The van der Waals surface area contributed by atoms with Crippen LogP contribution in [-0.2, 0) is 52.2 Å². The number of ether oxygens (including phenoxy) is 10. The lowest BCUT2D eigenvalue weighted by Crippen LogP contribution is -2.66. The van der Waals surface area contributed by atoms with Gasteiger partial charge in [0.15, 0.2) is 31.3 Å². The highest BCUT2D eigenvalue weighted by Gasteiger charge is 2.61. The molecule has 86 heavy (non-hydrogen) atoms.